The fourth-order valence-electron chi connectivity index (χ4n) is 4.37. The van der Waals surface area contributed by atoms with Gasteiger partial charge in [0.1, 0.15) is 0 Å². The van der Waals surface area contributed by atoms with Crippen molar-refractivity contribution in [1.82, 2.24) is 5.32 Å². The second kappa shape index (κ2) is 7.93. The third kappa shape index (κ3) is 3.76. The van der Waals surface area contributed by atoms with E-state index in [-0.39, 0.29) is 17.8 Å². The van der Waals surface area contributed by atoms with Gasteiger partial charge in [-0.05, 0) is 31.7 Å². The first kappa shape index (κ1) is 21.0. The summed E-state index contributed by atoms with van der Waals surface area (Å²) in [6.07, 6.45) is 1.15. The third-order valence-corrected chi connectivity index (χ3v) is 5.48. The van der Waals surface area contributed by atoms with Gasteiger partial charge in [-0.1, -0.05) is 26.0 Å². The summed E-state index contributed by atoms with van der Waals surface area (Å²) in [5.74, 6) is 0.0968. The van der Waals surface area contributed by atoms with Crippen molar-refractivity contribution in [2.45, 2.75) is 46.5 Å². The zero-order valence-corrected chi connectivity index (χ0v) is 18.0. The Bertz CT molecular complexity index is 910. The molecule has 0 bridgehead atoms. The van der Waals surface area contributed by atoms with E-state index in [1.54, 1.807) is 27.2 Å². The summed E-state index contributed by atoms with van der Waals surface area (Å²) in [4.78, 5) is 26.2. The topological polar surface area (TPSA) is 73.9 Å². The Balaban J connectivity index is 2.27. The first-order valence-electron chi connectivity index (χ1n) is 9.86. The first-order chi connectivity index (χ1) is 13.7. The van der Waals surface area contributed by atoms with Gasteiger partial charge in [-0.15, -0.1) is 0 Å². The van der Waals surface area contributed by atoms with Gasteiger partial charge in [-0.25, -0.2) is 4.79 Å². The first-order valence-corrected chi connectivity index (χ1v) is 9.86. The maximum absolute atomic E-state index is 13.3. The van der Waals surface area contributed by atoms with Crippen LogP contribution >= 0.6 is 0 Å². The van der Waals surface area contributed by atoms with Crippen molar-refractivity contribution in [3.05, 3.63) is 46.3 Å². The van der Waals surface area contributed by atoms with Crippen molar-refractivity contribution >= 4 is 11.8 Å². The van der Waals surface area contributed by atoms with Crippen molar-refractivity contribution < 1.29 is 23.8 Å². The largest absolute Gasteiger partial charge is 0.493 e. The molecule has 0 aromatic heterocycles. The monoisotopic (exact) mass is 399 g/mol. The zero-order chi connectivity index (χ0) is 21.3. The van der Waals surface area contributed by atoms with Gasteiger partial charge in [0.15, 0.2) is 17.3 Å². The molecule has 1 aliphatic heterocycles. The lowest BCUT2D eigenvalue weighted by Crippen LogP contribution is -2.38. The fourth-order valence-corrected chi connectivity index (χ4v) is 4.37. The lowest BCUT2D eigenvalue weighted by atomic mass is 9.68. The Morgan fingerprint density at radius 3 is 2.55 bits per heavy atom. The lowest BCUT2D eigenvalue weighted by molar-refractivity contribution is -0.138. The Kier molecular flexibility index (Phi) is 5.73. The molecule has 0 amide bonds. The summed E-state index contributed by atoms with van der Waals surface area (Å²) in [7, 11) is 3.13. The normalized spacial score (nSPS) is 20.8. The third-order valence-electron chi connectivity index (χ3n) is 5.48. The van der Waals surface area contributed by atoms with Crippen LogP contribution in [0.25, 0.3) is 0 Å². The second-order valence-corrected chi connectivity index (χ2v) is 8.23. The number of carbonyl (C=O) groups is 2. The molecule has 1 unspecified atom stereocenters. The van der Waals surface area contributed by atoms with Crippen LogP contribution in [-0.2, 0) is 14.3 Å². The van der Waals surface area contributed by atoms with E-state index in [4.69, 9.17) is 14.2 Å². The van der Waals surface area contributed by atoms with E-state index < -0.39 is 11.9 Å². The standard InChI is InChI=1S/C23H29NO5/c1-7-29-22(26)18-13(2)24-15-11-23(3,4)12-16(25)20(15)19(18)14-9-8-10-17(27-5)21(14)28-6/h8-10,19,24H,7,11-12H2,1-6H3. The van der Waals surface area contributed by atoms with Crippen LogP contribution in [0.5, 0.6) is 11.5 Å². The van der Waals surface area contributed by atoms with Crippen LogP contribution in [-0.4, -0.2) is 32.6 Å². The number of para-hydroxylation sites is 1. The molecule has 156 valence electrons. The van der Waals surface area contributed by atoms with Crippen LogP contribution in [0.3, 0.4) is 0 Å². The van der Waals surface area contributed by atoms with Crippen LogP contribution < -0.4 is 14.8 Å². The van der Waals surface area contributed by atoms with Crippen LogP contribution in [0.4, 0.5) is 0 Å². The number of hydrogen-bond acceptors (Lipinski definition) is 6. The Hall–Kier alpha value is -2.76. The molecule has 1 atom stereocenters. The van der Waals surface area contributed by atoms with Gasteiger partial charge in [-0.3, -0.25) is 4.79 Å². The Morgan fingerprint density at radius 2 is 1.93 bits per heavy atom. The quantitative estimate of drug-likeness (QED) is 0.758. The molecule has 0 saturated carbocycles. The van der Waals surface area contributed by atoms with E-state index in [0.29, 0.717) is 34.8 Å². The number of Topliss-reactive ketones (excluding diaryl/α,β-unsaturated/α-hetero) is 1. The minimum Gasteiger partial charge on any atom is -0.493 e. The second-order valence-electron chi connectivity index (χ2n) is 8.23. The molecule has 1 N–H and O–H groups in total. The molecular formula is C23H29NO5. The summed E-state index contributed by atoms with van der Waals surface area (Å²) in [6.45, 7) is 8.03. The predicted octanol–water partition coefficient (Wildman–Crippen LogP) is 3.87. The summed E-state index contributed by atoms with van der Waals surface area (Å²) in [6, 6.07) is 5.51. The number of allylic oxidation sites excluding steroid dienone is 3. The van der Waals surface area contributed by atoms with E-state index in [2.05, 4.69) is 19.2 Å². The number of nitrogens with one attached hydrogen (secondary N) is 1. The van der Waals surface area contributed by atoms with Crippen molar-refractivity contribution in [2.24, 2.45) is 5.41 Å². The maximum Gasteiger partial charge on any atom is 0.336 e. The molecule has 1 heterocycles. The van der Waals surface area contributed by atoms with Gasteiger partial charge < -0.3 is 19.5 Å². The highest BCUT2D eigenvalue weighted by molar-refractivity contribution is 6.04. The van der Waals surface area contributed by atoms with Crippen LogP contribution in [0.2, 0.25) is 0 Å². The molecule has 3 rings (SSSR count). The lowest BCUT2D eigenvalue weighted by Gasteiger charge is -2.39. The maximum atomic E-state index is 13.3. The highest BCUT2D eigenvalue weighted by atomic mass is 16.5. The van der Waals surface area contributed by atoms with Crippen LogP contribution in [0.15, 0.2) is 40.7 Å². The average Bonchev–Trinajstić information content (AvgIpc) is 2.65. The smallest absolute Gasteiger partial charge is 0.336 e. The van der Waals surface area contributed by atoms with Gasteiger partial charge in [0.05, 0.1) is 32.3 Å². The highest BCUT2D eigenvalue weighted by Gasteiger charge is 2.44. The fraction of sp³-hybridized carbons (Fsp3) is 0.478. The predicted molar refractivity (Wildman–Crippen MR) is 110 cm³/mol. The SMILES string of the molecule is CCOC(=O)C1=C(C)NC2=C(C(=O)CC(C)(C)C2)C1c1cccc(OC)c1OC. The molecule has 29 heavy (non-hydrogen) atoms. The van der Waals surface area contributed by atoms with Gasteiger partial charge in [-0.2, -0.15) is 0 Å². The van der Waals surface area contributed by atoms with Crippen molar-refractivity contribution in [3.8, 4) is 11.5 Å². The summed E-state index contributed by atoms with van der Waals surface area (Å²) >= 11 is 0. The minimum atomic E-state index is -0.570. The van der Waals surface area contributed by atoms with Crippen molar-refractivity contribution in [1.29, 1.82) is 0 Å². The summed E-state index contributed by atoms with van der Waals surface area (Å²) in [5, 5.41) is 3.33. The highest BCUT2D eigenvalue weighted by Crippen LogP contribution is 2.50. The van der Waals surface area contributed by atoms with Gasteiger partial charge in [0, 0.05) is 29.0 Å². The molecule has 2 aliphatic rings. The summed E-state index contributed by atoms with van der Waals surface area (Å²) in [5.41, 5.74) is 3.19. The molecule has 6 heteroatoms. The molecule has 1 aromatic rings. The number of esters is 1. The van der Waals surface area contributed by atoms with E-state index >= 15 is 0 Å². The zero-order valence-electron chi connectivity index (χ0n) is 18.0. The minimum absolute atomic E-state index is 0.0351. The van der Waals surface area contributed by atoms with Crippen LogP contribution in [0.1, 0.15) is 52.0 Å². The average molecular weight is 399 g/mol. The number of carbonyl (C=O) groups excluding carboxylic acids is 2. The van der Waals surface area contributed by atoms with Crippen molar-refractivity contribution in [2.75, 3.05) is 20.8 Å². The molecule has 0 saturated heterocycles. The molecule has 1 aromatic carbocycles. The van der Waals surface area contributed by atoms with E-state index in [1.165, 1.54) is 0 Å². The molecule has 0 fully saturated rings. The molecule has 0 radical (unpaired) electrons. The van der Waals surface area contributed by atoms with Gasteiger partial charge >= 0.3 is 5.97 Å². The number of methoxy groups -OCH3 is 2. The molecule has 1 aliphatic carbocycles. The van der Waals surface area contributed by atoms with Gasteiger partial charge in [0.2, 0.25) is 0 Å². The van der Waals surface area contributed by atoms with E-state index in [9.17, 15) is 9.59 Å². The molecular weight excluding hydrogens is 370 g/mol. The van der Waals surface area contributed by atoms with Crippen molar-refractivity contribution in [3.63, 3.8) is 0 Å². The number of ketones is 1. The number of hydrogen-bond donors (Lipinski definition) is 1. The van der Waals surface area contributed by atoms with Gasteiger partial charge in [0.25, 0.3) is 0 Å². The number of dihydropyridines is 1. The van der Waals surface area contributed by atoms with E-state index in [1.807, 2.05) is 19.1 Å². The molecule has 0 spiro atoms. The number of ether oxygens (including phenoxy) is 3. The molecule has 6 nitrogen and oxygen atoms in total. The number of benzene rings is 1. The van der Waals surface area contributed by atoms with Crippen LogP contribution in [0, 0.1) is 5.41 Å². The summed E-state index contributed by atoms with van der Waals surface area (Å²) < 4.78 is 16.5. The number of rotatable bonds is 5. The van der Waals surface area contributed by atoms with E-state index in [0.717, 1.165) is 17.7 Å². The Labute approximate surface area is 171 Å². The Morgan fingerprint density at radius 1 is 1.21 bits per heavy atom.